The molecule has 0 amide bonds. The molecule has 0 saturated heterocycles. The summed E-state index contributed by atoms with van der Waals surface area (Å²) in [5.74, 6) is 0.626. The van der Waals surface area contributed by atoms with Gasteiger partial charge in [0.25, 0.3) is 0 Å². The largest absolute Gasteiger partial charge is 0.478 e. The van der Waals surface area contributed by atoms with Gasteiger partial charge in [0.1, 0.15) is 0 Å². The molecule has 0 aromatic heterocycles. The van der Waals surface area contributed by atoms with E-state index in [1.54, 1.807) is 6.08 Å². The number of aliphatic carboxylic acids is 1. The maximum absolute atomic E-state index is 10.5. The molecule has 0 bridgehead atoms. The van der Waals surface area contributed by atoms with Crippen molar-refractivity contribution >= 4 is 12.0 Å². The lowest BCUT2D eigenvalue weighted by Crippen LogP contribution is -1.93. The van der Waals surface area contributed by atoms with E-state index in [-0.39, 0.29) is 6.79 Å². The average Bonchev–Trinajstić information content (AvgIpc) is 2.94. The van der Waals surface area contributed by atoms with Gasteiger partial charge in [-0.3, -0.25) is 0 Å². The molecule has 1 heterocycles. The number of carboxylic acids is 1. The Morgan fingerprint density at radius 2 is 1.76 bits per heavy atom. The third-order valence-corrected chi connectivity index (χ3v) is 3.24. The van der Waals surface area contributed by atoms with Crippen LogP contribution in [0.5, 0.6) is 11.5 Å². The Morgan fingerprint density at radius 1 is 1.05 bits per heavy atom. The van der Waals surface area contributed by atoms with Crippen LogP contribution in [0.15, 0.2) is 48.5 Å². The molecule has 106 valence electrons. The third kappa shape index (κ3) is 3.23. The number of ether oxygens (including phenoxy) is 2. The van der Waals surface area contributed by atoms with Crippen LogP contribution in [-0.2, 0) is 11.2 Å². The molecule has 1 aliphatic heterocycles. The van der Waals surface area contributed by atoms with Gasteiger partial charge < -0.3 is 14.6 Å². The van der Waals surface area contributed by atoms with Crippen molar-refractivity contribution in [2.45, 2.75) is 6.42 Å². The first-order valence-electron chi connectivity index (χ1n) is 6.59. The first-order valence-corrected chi connectivity index (χ1v) is 6.59. The average molecular weight is 282 g/mol. The maximum atomic E-state index is 10.5. The van der Waals surface area contributed by atoms with Crippen LogP contribution in [0.4, 0.5) is 0 Å². The first-order chi connectivity index (χ1) is 10.2. The molecule has 0 atom stereocenters. The normalized spacial score (nSPS) is 12.8. The van der Waals surface area contributed by atoms with Crippen LogP contribution in [0.3, 0.4) is 0 Å². The summed E-state index contributed by atoms with van der Waals surface area (Å²) in [6.45, 7) is 0.281. The van der Waals surface area contributed by atoms with Gasteiger partial charge in [0.05, 0.1) is 0 Å². The minimum absolute atomic E-state index is 0.281. The lowest BCUT2D eigenvalue weighted by atomic mass is 10.0. The van der Waals surface area contributed by atoms with Crippen LogP contribution >= 0.6 is 0 Å². The van der Waals surface area contributed by atoms with E-state index in [0.717, 1.165) is 40.7 Å². The molecule has 3 rings (SSSR count). The van der Waals surface area contributed by atoms with Gasteiger partial charge in [-0.2, -0.15) is 0 Å². The van der Waals surface area contributed by atoms with Gasteiger partial charge in [0, 0.05) is 6.08 Å². The topological polar surface area (TPSA) is 55.8 Å². The van der Waals surface area contributed by atoms with E-state index in [0.29, 0.717) is 0 Å². The van der Waals surface area contributed by atoms with Gasteiger partial charge in [0.15, 0.2) is 11.5 Å². The van der Waals surface area contributed by atoms with Crippen LogP contribution in [0.25, 0.3) is 6.08 Å². The Morgan fingerprint density at radius 3 is 2.52 bits per heavy atom. The molecule has 4 heteroatoms. The number of benzene rings is 2. The van der Waals surface area contributed by atoms with Crippen molar-refractivity contribution in [3.63, 3.8) is 0 Å². The zero-order valence-corrected chi connectivity index (χ0v) is 11.3. The van der Waals surface area contributed by atoms with Gasteiger partial charge in [-0.25, -0.2) is 4.79 Å². The summed E-state index contributed by atoms with van der Waals surface area (Å²) in [5, 5.41) is 8.59. The van der Waals surface area contributed by atoms with Gasteiger partial charge in [-0.1, -0.05) is 30.3 Å². The molecule has 2 aromatic carbocycles. The SMILES string of the molecule is O=C(O)/C=C/c1ccc(Cc2ccc3c(c2)OCO3)cc1. The zero-order chi connectivity index (χ0) is 14.7. The van der Waals surface area contributed by atoms with Crippen LogP contribution < -0.4 is 9.47 Å². The monoisotopic (exact) mass is 282 g/mol. The number of hydrogen-bond donors (Lipinski definition) is 1. The second-order valence-corrected chi connectivity index (χ2v) is 4.78. The Hall–Kier alpha value is -2.75. The highest BCUT2D eigenvalue weighted by atomic mass is 16.7. The van der Waals surface area contributed by atoms with Crippen LogP contribution in [-0.4, -0.2) is 17.9 Å². The molecule has 0 unspecified atom stereocenters. The second kappa shape index (κ2) is 5.71. The minimum atomic E-state index is -0.945. The van der Waals surface area contributed by atoms with Crippen molar-refractivity contribution in [2.75, 3.05) is 6.79 Å². The van der Waals surface area contributed by atoms with Crippen LogP contribution in [0, 0.1) is 0 Å². The molecular formula is C17H14O4. The highest BCUT2D eigenvalue weighted by Gasteiger charge is 2.13. The summed E-state index contributed by atoms with van der Waals surface area (Å²) in [6, 6.07) is 13.7. The molecule has 2 aromatic rings. The summed E-state index contributed by atoms with van der Waals surface area (Å²) in [7, 11) is 0. The van der Waals surface area contributed by atoms with E-state index in [9.17, 15) is 4.79 Å². The zero-order valence-electron chi connectivity index (χ0n) is 11.3. The van der Waals surface area contributed by atoms with E-state index in [4.69, 9.17) is 14.6 Å². The molecule has 0 fully saturated rings. The Balaban J connectivity index is 1.72. The molecule has 0 spiro atoms. The fraction of sp³-hybridized carbons (Fsp3) is 0.118. The van der Waals surface area contributed by atoms with Crippen molar-refractivity contribution in [3.05, 3.63) is 65.2 Å². The maximum Gasteiger partial charge on any atom is 0.328 e. The number of rotatable bonds is 4. The number of hydrogen-bond acceptors (Lipinski definition) is 3. The smallest absolute Gasteiger partial charge is 0.328 e. The molecule has 0 saturated carbocycles. The molecular weight excluding hydrogens is 268 g/mol. The highest BCUT2D eigenvalue weighted by molar-refractivity contribution is 5.85. The predicted molar refractivity (Wildman–Crippen MR) is 78.5 cm³/mol. The fourth-order valence-corrected chi connectivity index (χ4v) is 2.20. The molecule has 1 aliphatic rings. The number of fused-ring (bicyclic) bond motifs is 1. The van der Waals surface area contributed by atoms with Crippen molar-refractivity contribution in [3.8, 4) is 11.5 Å². The quantitative estimate of drug-likeness (QED) is 0.875. The summed E-state index contributed by atoms with van der Waals surface area (Å²) in [4.78, 5) is 10.5. The first kappa shape index (κ1) is 13.2. The molecule has 4 nitrogen and oxygen atoms in total. The van der Waals surface area contributed by atoms with E-state index in [1.165, 1.54) is 0 Å². The van der Waals surface area contributed by atoms with Gasteiger partial charge in [-0.05, 0) is 41.3 Å². The van der Waals surface area contributed by atoms with Crippen molar-refractivity contribution < 1.29 is 19.4 Å². The minimum Gasteiger partial charge on any atom is -0.478 e. The summed E-state index contributed by atoms with van der Waals surface area (Å²) in [6.07, 6.45) is 3.50. The lowest BCUT2D eigenvalue weighted by molar-refractivity contribution is -0.131. The second-order valence-electron chi connectivity index (χ2n) is 4.78. The van der Waals surface area contributed by atoms with E-state index < -0.39 is 5.97 Å². The molecule has 1 N–H and O–H groups in total. The van der Waals surface area contributed by atoms with E-state index in [1.807, 2.05) is 42.5 Å². The van der Waals surface area contributed by atoms with Crippen LogP contribution in [0.1, 0.15) is 16.7 Å². The standard InChI is InChI=1S/C17H14O4/c18-17(19)8-6-12-1-3-13(4-2-12)9-14-5-7-15-16(10-14)21-11-20-15/h1-8,10H,9,11H2,(H,18,19)/b8-6+. The van der Waals surface area contributed by atoms with Crippen molar-refractivity contribution in [2.24, 2.45) is 0 Å². The summed E-state index contributed by atoms with van der Waals surface area (Å²) >= 11 is 0. The Labute approximate surface area is 122 Å². The van der Waals surface area contributed by atoms with E-state index >= 15 is 0 Å². The Kier molecular flexibility index (Phi) is 3.60. The Bertz CT molecular complexity index is 686. The highest BCUT2D eigenvalue weighted by Crippen LogP contribution is 2.33. The number of carboxylic acid groups (broad SMARTS) is 1. The number of carbonyl (C=O) groups is 1. The predicted octanol–water partition coefficient (Wildman–Crippen LogP) is 3.10. The van der Waals surface area contributed by atoms with E-state index in [2.05, 4.69) is 0 Å². The summed E-state index contributed by atoms with van der Waals surface area (Å²) < 4.78 is 10.7. The van der Waals surface area contributed by atoms with Gasteiger partial charge in [0.2, 0.25) is 6.79 Å². The van der Waals surface area contributed by atoms with Crippen molar-refractivity contribution in [1.29, 1.82) is 0 Å². The molecule has 21 heavy (non-hydrogen) atoms. The summed E-state index contributed by atoms with van der Waals surface area (Å²) in [5.41, 5.74) is 3.17. The fourth-order valence-electron chi connectivity index (χ4n) is 2.20. The lowest BCUT2D eigenvalue weighted by Gasteiger charge is -2.04. The van der Waals surface area contributed by atoms with Crippen LogP contribution in [0.2, 0.25) is 0 Å². The van der Waals surface area contributed by atoms with Crippen molar-refractivity contribution in [1.82, 2.24) is 0 Å². The molecule has 0 radical (unpaired) electrons. The molecule has 0 aliphatic carbocycles. The third-order valence-electron chi connectivity index (χ3n) is 3.24. The van der Waals surface area contributed by atoms with Gasteiger partial charge in [-0.15, -0.1) is 0 Å². The van der Waals surface area contributed by atoms with Gasteiger partial charge >= 0.3 is 5.97 Å².